The minimum absolute atomic E-state index is 0.392. The minimum Gasteiger partial charge on any atom is -0.493 e. The number of pyridine rings is 1. The first-order valence-corrected chi connectivity index (χ1v) is 8.78. The van der Waals surface area contributed by atoms with Gasteiger partial charge in [0.05, 0.1) is 21.3 Å². The number of rotatable bonds is 6. The Balaban J connectivity index is 1.56. The van der Waals surface area contributed by atoms with E-state index < -0.39 is 0 Å². The Bertz CT molecular complexity index is 904. The summed E-state index contributed by atoms with van der Waals surface area (Å²) in [6.45, 7) is 0. The van der Waals surface area contributed by atoms with Crippen molar-refractivity contribution >= 4 is 0 Å². The number of methoxy groups -OCH3 is 3. The molecule has 0 saturated heterocycles. The highest BCUT2D eigenvalue weighted by atomic mass is 16.5. The van der Waals surface area contributed by atoms with Crippen LogP contribution in [-0.4, -0.2) is 36.3 Å². The summed E-state index contributed by atoms with van der Waals surface area (Å²) in [6.07, 6.45) is 6.60. The Labute approximate surface area is 158 Å². The lowest BCUT2D eigenvalue weighted by atomic mass is 10.1. The van der Waals surface area contributed by atoms with Crippen molar-refractivity contribution in [2.45, 2.75) is 18.3 Å². The minimum atomic E-state index is 0.392. The van der Waals surface area contributed by atoms with Gasteiger partial charge in [-0.1, -0.05) is 6.07 Å². The zero-order valence-corrected chi connectivity index (χ0v) is 15.5. The number of aromatic nitrogens is 3. The monoisotopic (exact) mass is 363 g/mol. The third-order valence-corrected chi connectivity index (χ3v) is 4.90. The molecule has 4 rings (SSSR count). The van der Waals surface area contributed by atoms with Crippen molar-refractivity contribution < 1.29 is 14.2 Å². The van der Waals surface area contributed by atoms with E-state index in [0.717, 1.165) is 17.7 Å². The van der Waals surface area contributed by atoms with Gasteiger partial charge in [-0.05, 0) is 53.6 Å². The topological polar surface area (TPSA) is 66.4 Å². The van der Waals surface area contributed by atoms with Gasteiger partial charge in [0.25, 0.3) is 0 Å². The smallest absolute Gasteiger partial charge is 0.203 e. The molecule has 27 heavy (non-hydrogen) atoms. The predicted octanol–water partition coefficient (Wildman–Crippen LogP) is 3.84. The van der Waals surface area contributed by atoms with Gasteiger partial charge in [0.2, 0.25) is 5.75 Å². The lowest BCUT2D eigenvalue weighted by molar-refractivity contribution is 0.324. The second-order valence-electron chi connectivity index (χ2n) is 6.46. The van der Waals surface area contributed by atoms with E-state index in [2.05, 4.69) is 15.0 Å². The molecule has 1 aliphatic carbocycles. The Morgan fingerprint density at radius 1 is 0.815 bits per heavy atom. The molecule has 2 heterocycles. The molecule has 2 aromatic heterocycles. The molecule has 2 atom stereocenters. The van der Waals surface area contributed by atoms with E-state index in [1.807, 2.05) is 42.7 Å². The highest BCUT2D eigenvalue weighted by Gasteiger charge is 2.41. The van der Waals surface area contributed by atoms with Crippen LogP contribution in [0.4, 0.5) is 0 Å². The van der Waals surface area contributed by atoms with Gasteiger partial charge in [-0.25, -0.2) is 9.97 Å². The van der Waals surface area contributed by atoms with Crippen molar-refractivity contribution in [2.24, 2.45) is 0 Å². The van der Waals surface area contributed by atoms with Crippen LogP contribution in [0.25, 0.3) is 11.5 Å². The van der Waals surface area contributed by atoms with Crippen molar-refractivity contribution in [2.75, 3.05) is 21.3 Å². The molecule has 0 spiro atoms. The van der Waals surface area contributed by atoms with Crippen LogP contribution in [-0.2, 0) is 0 Å². The molecule has 0 bridgehead atoms. The number of nitrogens with zero attached hydrogens (tertiary/aromatic N) is 3. The Kier molecular flexibility index (Phi) is 4.62. The fraction of sp³-hybridized carbons (Fsp3) is 0.286. The molecule has 0 aliphatic heterocycles. The summed E-state index contributed by atoms with van der Waals surface area (Å²) >= 11 is 0. The van der Waals surface area contributed by atoms with Gasteiger partial charge in [-0.3, -0.25) is 4.98 Å². The van der Waals surface area contributed by atoms with Crippen LogP contribution < -0.4 is 14.2 Å². The van der Waals surface area contributed by atoms with Crippen molar-refractivity contribution in [3.05, 3.63) is 60.0 Å². The van der Waals surface area contributed by atoms with Gasteiger partial charge in [0.15, 0.2) is 17.3 Å². The first kappa shape index (κ1) is 17.3. The standard InChI is InChI=1S/C21H21N3O3/c1-25-18-8-13(9-19(26-2)20(18)27-3)15-10-16(15)14-11-23-21(24-12-14)17-6-4-5-7-22-17/h4-9,11-12,15-16H,10H2,1-3H3/t15-,16-/m0/s1. The van der Waals surface area contributed by atoms with Crippen molar-refractivity contribution in [3.63, 3.8) is 0 Å². The summed E-state index contributed by atoms with van der Waals surface area (Å²) in [7, 11) is 4.88. The van der Waals surface area contributed by atoms with Crippen LogP contribution in [0.3, 0.4) is 0 Å². The molecule has 1 aromatic carbocycles. The van der Waals surface area contributed by atoms with E-state index >= 15 is 0 Å². The second-order valence-corrected chi connectivity index (χ2v) is 6.46. The SMILES string of the molecule is COc1cc([C@@H]2C[C@H]2c2cnc(-c3ccccn3)nc2)cc(OC)c1OC. The first-order chi connectivity index (χ1) is 13.2. The van der Waals surface area contributed by atoms with Crippen molar-refractivity contribution in [3.8, 4) is 28.8 Å². The maximum atomic E-state index is 5.47. The summed E-state index contributed by atoms with van der Waals surface area (Å²) < 4.78 is 16.3. The van der Waals surface area contributed by atoms with Gasteiger partial charge in [-0.2, -0.15) is 0 Å². The van der Waals surface area contributed by atoms with E-state index in [9.17, 15) is 0 Å². The molecule has 0 N–H and O–H groups in total. The summed E-state index contributed by atoms with van der Waals surface area (Å²) in [4.78, 5) is 13.3. The molecule has 0 amide bonds. The lowest BCUT2D eigenvalue weighted by Crippen LogP contribution is -1.97. The van der Waals surface area contributed by atoms with Crippen LogP contribution in [0.15, 0.2) is 48.9 Å². The van der Waals surface area contributed by atoms with E-state index in [4.69, 9.17) is 14.2 Å². The fourth-order valence-corrected chi connectivity index (χ4v) is 3.40. The first-order valence-electron chi connectivity index (χ1n) is 8.78. The molecule has 3 aromatic rings. The van der Waals surface area contributed by atoms with Gasteiger partial charge in [0, 0.05) is 18.6 Å². The maximum absolute atomic E-state index is 5.47. The van der Waals surface area contributed by atoms with E-state index in [-0.39, 0.29) is 0 Å². The molecular formula is C21H21N3O3. The normalized spacial score (nSPS) is 18.0. The molecule has 138 valence electrons. The molecule has 1 aliphatic rings. The van der Waals surface area contributed by atoms with Crippen molar-refractivity contribution in [1.29, 1.82) is 0 Å². The predicted molar refractivity (Wildman–Crippen MR) is 101 cm³/mol. The second kappa shape index (κ2) is 7.23. The molecular weight excluding hydrogens is 342 g/mol. The highest BCUT2D eigenvalue weighted by Crippen LogP contribution is 2.56. The van der Waals surface area contributed by atoms with Crippen molar-refractivity contribution in [1.82, 2.24) is 15.0 Å². The number of benzene rings is 1. The summed E-state index contributed by atoms with van der Waals surface area (Å²) in [5.41, 5.74) is 3.08. The van der Waals surface area contributed by atoms with E-state index in [1.165, 1.54) is 5.56 Å². The van der Waals surface area contributed by atoms with Gasteiger partial charge >= 0.3 is 0 Å². The fourth-order valence-electron chi connectivity index (χ4n) is 3.40. The summed E-state index contributed by atoms with van der Waals surface area (Å²) in [5.74, 6) is 3.40. The highest BCUT2D eigenvalue weighted by molar-refractivity contribution is 5.56. The molecule has 1 saturated carbocycles. The quantitative estimate of drug-likeness (QED) is 0.663. The Hall–Kier alpha value is -3.15. The zero-order valence-electron chi connectivity index (χ0n) is 15.5. The van der Waals surface area contributed by atoms with E-state index in [0.29, 0.717) is 34.9 Å². The third-order valence-electron chi connectivity index (χ3n) is 4.90. The molecule has 0 radical (unpaired) electrons. The van der Waals surface area contributed by atoms with Crippen LogP contribution >= 0.6 is 0 Å². The lowest BCUT2D eigenvalue weighted by Gasteiger charge is -2.14. The molecule has 6 nitrogen and oxygen atoms in total. The van der Waals surface area contributed by atoms with Crippen LogP contribution in [0, 0.1) is 0 Å². The average molecular weight is 363 g/mol. The Morgan fingerprint density at radius 3 is 2.04 bits per heavy atom. The van der Waals surface area contributed by atoms with Crippen LogP contribution in [0.5, 0.6) is 17.2 Å². The average Bonchev–Trinajstić information content (AvgIpc) is 3.54. The van der Waals surface area contributed by atoms with Crippen LogP contribution in [0.1, 0.15) is 29.4 Å². The van der Waals surface area contributed by atoms with Gasteiger partial charge < -0.3 is 14.2 Å². The van der Waals surface area contributed by atoms with Crippen LogP contribution in [0.2, 0.25) is 0 Å². The number of ether oxygens (including phenoxy) is 3. The molecule has 6 heteroatoms. The maximum Gasteiger partial charge on any atom is 0.203 e. The largest absolute Gasteiger partial charge is 0.493 e. The molecule has 1 fully saturated rings. The summed E-state index contributed by atoms with van der Waals surface area (Å²) in [6, 6.07) is 9.76. The number of hydrogen-bond acceptors (Lipinski definition) is 6. The number of hydrogen-bond donors (Lipinski definition) is 0. The molecule has 0 unspecified atom stereocenters. The van der Waals surface area contributed by atoms with E-state index in [1.54, 1.807) is 27.5 Å². The van der Waals surface area contributed by atoms with Gasteiger partial charge in [-0.15, -0.1) is 0 Å². The zero-order chi connectivity index (χ0) is 18.8. The Morgan fingerprint density at radius 2 is 1.48 bits per heavy atom. The summed E-state index contributed by atoms with van der Waals surface area (Å²) in [5, 5.41) is 0. The van der Waals surface area contributed by atoms with Gasteiger partial charge in [0.1, 0.15) is 5.69 Å². The third kappa shape index (κ3) is 3.30.